The van der Waals surface area contributed by atoms with Crippen LogP contribution in [0.4, 0.5) is 11.4 Å². The highest BCUT2D eigenvalue weighted by Crippen LogP contribution is 2.27. The number of nitro groups is 1. The minimum Gasteiger partial charge on any atom is -0.392 e. The average molecular weight is 301 g/mol. The maximum atomic E-state index is 11.2. The van der Waals surface area contributed by atoms with Crippen LogP contribution in [0.25, 0.3) is 0 Å². The van der Waals surface area contributed by atoms with E-state index in [0.717, 1.165) is 22.4 Å². The third-order valence-corrected chi connectivity index (χ3v) is 3.48. The van der Waals surface area contributed by atoms with Crippen LogP contribution >= 0.6 is 0 Å². The van der Waals surface area contributed by atoms with Gasteiger partial charge in [-0.25, -0.2) is 0 Å². The maximum absolute atomic E-state index is 11.2. The molecule has 0 radical (unpaired) electrons. The van der Waals surface area contributed by atoms with Crippen molar-refractivity contribution in [2.45, 2.75) is 32.9 Å². The van der Waals surface area contributed by atoms with Crippen molar-refractivity contribution in [3.8, 4) is 0 Å². The van der Waals surface area contributed by atoms with Crippen molar-refractivity contribution < 1.29 is 10.0 Å². The van der Waals surface area contributed by atoms with E-state index < -0.39 is 0 Å². The molecule has 2 rings (SSSR count). The third-order valence-electron chi connectivity index (χ3n) is 3.48. The zero-order valence-electron chi connectivity index (χ0n) is 12.6. The SMILES string of the molecule is CC(C)c1ccc(CNc2cnccc2CO)cc1[N+](=O)[O-]. The molecule has 0 spiro atoms. The molecule has 0 unspecified atom stereocenters. The first-order chi connectivity index (χ1) is 10.5. The Morgan fingerprint density at radius 1 is 1.36 bits per heavy atom. The topological polar surface area (TPSA) is 88.3 Å². The van der Waals surface area contributed by atoms with Crippen molar-refractivity contribution in [2.24, 2.45) is 0 Å². The summed E-state index contributed by atoms with van der Waals surface area (Å²) in [5.41, 5.74) is 3.14. The summed E-state index contributed by atoms with van der Waals surface area (Å²) in [6.07, 6.45) is 3.24. The lowest BCUT2D eigenvalue weighted by Gasteiger charge is -2.11. The van der Waals surface area contributed by atoms with Crippen molar-refractivity contribution in [2.75, 3.05) is 5.32 Å². The zero-order chi connectivity index (χ0) is 16.1. The molecule has 0 aliphatic rings. The minimum absolute atomic E-state index is 0.0860. The van der Waals surface area contributed by atoms with Crippen LogP contribution in [0.1, 0.15) is 36.5 Å². The number of hydrogen-bond acceptors (Lipinski definition) is 5. The van der Waals surface area contributed by atoms with E-state index in [4.69, 9.17) is 0 Å². The zero-order valence-corrected chi connectivity index (χ0v) is 12.6. The van der Waals surface area contributed by atoms with Gasteiger partial charge in [-0.05, 0) is 17.5 Å². The van der Waals surface area contributed by atoms with E-state index in [0.29, 0.717) is 6.54 Å². The van der Waals surface area contributed by atoms with Gasteiger partial charge in [0.2, 0.25) is 0 Å². The lowest BCUT2D eigenvalue weighted by atomic mass is 9.99. The average Bonchev–Trinajstić information content (AvgIpc) is 2.52. The van der Waals surface area contributed by atoms with Gasteiger partial charge in [-0.15, -0.1) is 0 Å². The maximum Gasteiger partial charge on any atom is 0.273 e. The number of hydrogen-bond donors (Lipinski definition) is 2. The van der Waals surface area contributed by atoms with E-state index in [1.54, 1.807) is 30.6 Å². The lowest BCUT2D eigenvalue weighted by molar-refractivity contribution is -0.385. The predicted octanol–water partition coefficient (Wildman–Crippen LogP) is 3.22. The minimum atomic E-state index is -0.345. The molecule has 0 aliphatic heterocycles. The molecule has 0 saturated carbocycles. The Kier molecular flexibility index (Phi) is 5.06. The number of nitro benzene ring substituents is 1. The molecule has 6 heteroatoms. The summed E-state index contributed by atoms with van der Waals surface area (Å²) in [5, 5.41) is 23.6. The largest absolute Gasteiger partial charge is 0.392 e. The number of pyridine rings is 1. The molecule has 1 heterocycles. The Morgan fingerprint density at radius 2 is 2.14 bits per heavy atom. The highest BCUT2D eigenvalue weighted by Gasteiger charge is 2.16. The fraction of sp³-hybridized carbons (Fsp3) is 0.312. The van der Waals surface area contributed by atoms with Gasteiger partial charge >= 0.3 is 0 Å². The van der Waals surface area contributed by atoms with Gasteiger partial charge in [-0.2, -0.15) is 0 Å². The molecule has 0 saturated heterocycles. The van der Waals surface area contributed by atoms with E-state index in [-0.39, 0.29) is 23.1 Å². The van der Waals surface area contributed by atoms with Crippen LogP contribution in [0.15, 0.2) is 36.7 Å². The molecule has 2 aromatic rings. The Bertz CT molecular complexity index is 671. The molecule has 1 aromatic carbocycles. The first-order valence-electron chi connectivity index (χ1n) is 7.07. The van der Waals surface area contributed by atoms with Gasteiger partial charge in [0.05, 0.1) is 23.4 Å². The molecule has 0 fully saturated rings. The smallest absolute Gasteiger partial charge is 0.273 e. The van der Waals surface area contributed by atoms with Crippen LogP contribution in [0.5, 0.6) is 0 Å². The van der Waals surface area contributed by atoms with E-state index >= 15 is 0 Å². The summed E-state index contributed by atoms with van der Waals surface area (Å²) in [5.74, 6) is 0.0988. The first kappa shape index (κ1) is 15.9. The summed E-state index contributed by atoms with van der Waals surface area (Å²) in [4.78, 5) is 14.9. The van der Waals surface area contributed by atoms with Gasteiger partial charge in [-0.3, -0.25) is 15.1 Å². The van der Waals surface area contributed by atoms with Crippen molar-refractivity contribution in [1.82, 2.24) is 4.98 Å². The Balaban J connectivity index is 2.20. The number of aliphatic hydroxyl groups is 1. The number of aromatic nitrogens is 1. The van der Waals surface area contributed by atoms with E-state index in [2.05, 4.69) is 10.3 Å². The first-order valence-corrected chi connectivity index (χ1v) is 7.07. The van der Waals surface area contributed by atoms with Crippen molar-refractivity contribution in [1.29, 1.82) is 0 Å². The second kappa shape index (κ2) is 7.00. The normalized spacial score (nSPS) is 10.7. The molecule has 22 heavy (non-hydrogen) atoms. The summed E-state index contributed by atoms with van der Waals surface area (Å²) >= 11 is 0. The molecule has 2 N–H and O–H groups in total. The Morgan fingerprint density at radius 3 is 2.77 bits per heavy atom. The van der Waals surface area contributed by atoms with Gasteiger partial charge in [0.15, 0.2) is 0 Å². The standard InChI is InChI=1S/C16H19N3O3/c1-11(2)14-4-3-12(7-16(14)19(21)22)8-18-15-9-17-6-5-13(15)10-20/h3-7,9,11,18,20H,8,10H2,1-2H3. The number of benzene rings is 1. The van der Waals surface area contributed by atoms with E-state index in [1.165, 1.54) is 0 Å². The van der Waals surface area contributed by atoms with Gasteiger partial charge < -0.3 is 10.4 Å². The van der Waals surface area contributed by atoms with Crippen LogP contribution in [-0.4, -0.2) is 15.0 Å². The second-order valence-corrected chi connectivity index (χ2v) is 5.35. The van der Waals surface area contributed by atoms with Crippen LogP contribution in [0, 0.1) is 10.1 Å². The number of nitrogens with zero attached hydrogens (tertiary/aromatic N) is 2. The lowest BCUT2D eigenvalue weighted by Crippen LogP contribution is -2.05. The second-order valence-electron chi connectivity index (χ2n) is 5.35. The molecule has 0 atom stereocenters. The molecule has 0 aliphatic carbocycles. The highest BCUT2D eigenvalue weighted by atomic mass is 16.6. The molecular weight excluding hydrogens is 282 g/mol. The van der Waals surface area contributed by atoms with Crippen LogP contribution in [-0.2, 0) is 13.2 Å². The molecular formula is C16H19N3O3. The molecule has 0 amide bonds. The fourth-order valence-corrected chi connectivity index (χ4v) is 2.26. The molecule has 6 nitrogen and oxygen atoms in total. The highest BCUT2D eigenvalue weighted by molar-refractivity contribution is 5.50. The molecule has 1 aromatic heterocycles. The van der Waals surface area contributed by atoms with Gasteiger partial charge in [-0.1, -0.05) is 26.0 Å². The number of aliphatic hydroxyl groups excluding tert-OH is 1. The number of anilines is 1. The summed E-state index contributed by atoms with van der Waals surface area (Å²) in [6, 6.07) is 7.00. The summed E-state index contributed by atoms with van der Waals surface area (Å²) in [7, 11) is 0. The summed E-state index contributed by atoms with van der Waals surface area (Å²) in [6.45, 7) is 4.21. The molecule has 0 bridgehead atoms. The predicted molar refractivity (Wildman–Crippen MR) is 84.7 cm³/mol. The van der Waals surface area contributed by atoms with Crippen molar-refractivity contribution >= 4 is 11.4 Å². The number of rotatable bonds is 6. The van der Waals surface area contributed by atoms with Gasteiger partial charge in [0, 0.05) is 29.9 Å². The van der Waals surface area contributed by atoms with E-state index in [1.807, 2.05) is 19.9 Å². The van der Waals surface area contributed by atoms with Crippen molar-refractivity contribution in [3.63, 3.8) is 0 Å². The van der Waals surface area contributed by atoms with Crippen LogP contribution in [0.2, 0.25) is 0 Å². The Hall–Kier alpha value is -2.47. The third kappa shape index (κ3) is 3.59. The Labute approximate surface area is 129 Å². The number of nitrogens with one attached hydrogen (secondary N) is 1. The van der Waals surface area contributed by atoms with Crippen LogP contribution in [0.3, 0.4) is 0 Å². The van der Waals surface area contributed by atoms with Gasteiger partial charge in [0.25, 0.3) is 5.69 Å². The quantitative estimate of drug-likeness (QED) is 0.631. The van der Waals surface area contributed by atoms with Gasteiger partial charge in [0.1, 0.15) is 0 Å². The van der Waals surface area contributed by atoms with Crippen molar-refractivity contribution in [3.05, 3.63) is 63.5 Å². The van der Waals surface area contributed by atoms with Crippen LogP contribution < -0.4 is 5.32 Å². The summed E-state index contributed by atoms with van der Waals surface area (Å²) < 4.78 is 0. The monoisotopic (exact) mass is 301 g/mol. The van der Waals surface area contributed by atoms with E-state index in [9.17, 15) is 15.2 Å². The molecule has 116 valence electrons. The fourth-order valence-electron chi connectivity index (χ4n) is 2.26.